The minimum atomic E-state index is -0.125. The van der Waals surface area contributed by atoms with Crippen molar-refractivity contribution in [3.8, 4) is 11.4 Å². The van der Waals surface area contributed by atoms with Crippen molar-refractivity contribution >= 4 is 17.7 Å². The topological polar surface area (TPSA) is 87.5 Å². The Balaban J connectivity index is 1.86. The second-order valence-corrected chi connectivity index (χ2v) is 7.48. The Morgan fingerprint density at radius 2 is 1.81 bits per heavy atom. The van der Waals surface area contributed by atoms with Crippen LogP contribution in [0.4, 0.5) is 0 Å². The van der Waals surface area contributed by atoms with Gasteiger partial charge >= 0.3 is 0 Å². The lowest BCUT2D eigenvalue weighted by molar-refractivity contribution is 0.0936. The van der Waals surface area contributed by atoms with Gasteiger partial charge in [-0.05, 0) is 23.8 Å². The van der Waals surface area contributed by atoms with Gasteiger partial charge in [-0.25, -0.2) is 0 Å². The van der Waals surface area contributed by atoms with Gasteiger partial charge in [0.05, 0.1) is 19.4 Å². The van der Waals surface area contributed by atoms with Crippen LogP contribution in [0.1, 0.15) is 21.7 Å². The molecule has 2 aromatic carbocycles. The highest BCUT2D eigenvalue weighted by atomic mass is 32.2. The normalized spacial score (nSPS) is 10.8. The van der Waals surface area contributed by atoms with E-state index in [1.54, 1.807) is 21.3 Å². The number of hydrogen-bond donors (Lipinski definition) is 1. The van der Waals surface area contributed by atoms with E-state index in [1.165, 1.54) is 11.8 Å². The molecule has 0 fully saturated rings. The number of rotatable bonds is 11. The number of ether oxygens (including phenoxy) is 3. The zero-order valence-corrected chi connectivity index (χ0v) is 18.6. The molecular formula is C22H26N4O4S. The van der Waals surface area contributed by atoms with Crippen LogP contribution in [0.25, 0.3) is 5.69 Å². The second-order valence-electron chi connectivity index (χ2n) is 6.53. The number of amides is 1. The van der Waals surface area contributed by atoms with E-state index < -0.39 is 0 Å². The maximum absolute atomic E-state index is 12.6. The summed E-state index contributed by atoms with van der Waals surface area (Å²) in [6, 6.07) is 15.2. The smallest absolute Gasteiger partial charge is 0.251 e. The third-order valence-corrected chi connectivity index (χ3v) is 5.49. The van der Waals surface area contributed by atoms with Gasteiger partial charge in [0.1, 0.15) is 12.4 Å². The summed E-state index contributed by atoms with van der Waals surface area (Å²) >= 11 is 1.49. The van der Waals surface area contributed by atoms with Crippen LogP contribution in [0, 0.1) is 0 Å². The molecule has 0 unspecified atom stereocenters. The largest absolute Gasteiger partial charge is 0.495 e. The molecule has 9 heteroatoms. The molecule has 0 saturated carbocycles. The van der Waals surface area contributed by atoms with E-state index in [1.807, 2.05) is 53.1 Å². The molecule has 0 aliphatic heterocycles. The third kappa shape index (κ3) is 5.63. The van der Waals surface area contributed by atoms with Crippen LogP contribution < -0.4 is 10.1 Å². The van der Waals surface area contributed by atoms with E-state index in [0.29, 0.717) is 47.8 Å². The van der Waals surface area contributed by atoms with Crippen molar-refractivity contribution in [2.75, 3.05) is 34.5 Å². The Morgan fingerprint density at radius 3 is 2.58 bits per heavy atom. The predicted octanol–water partition coefficient (Wildman–Crippen LogP) is 3.09. The van der Waals surface area contributed by atoms with Gasteiger partial charge in [-0.1, -0.05) is 42.1 Å². The highest BCUT2D eigenvalue weighted by Crippen LogP contribution is 2.30. The number of carbonyl (C=O) groups excluding carboxylic acids is 1. The Morgan fingerprint density at radius 1 is 1.03 bits per heavy atom. The van der Waals surface area contributed by atoms with Crippen molar-refractivity contribution in [3.05, 3.63) is 65.5 Å². The molecular weight excluding hydrogens is 416 g/mol. The molecule has 1 amide bonds. The van der Waals surface area contributed by atoms with E-state index in [2.05, 4.69) is 15.5 Å². The van der Waals surface area contributed by atoms with Crippen LogP contribution in [0.5, 0.6) is 5.75 Å². The van der Waals surface area contributed by atoms with Gasteiger partial charge in [0, 0.05) is 32.1 Å². The summed E-state index contributed by atoms with van der Waals surface area (Å²) in [5, 5.41) is 12.2. The summed E-state index contributed by atoms with van der Waals surface area (Å²) in [5.74, 6) is 1.80. The number of nitrogens with one attached hydrogen (secondary N) is 1. The molecule has 0 atom stereocenters. The lowest BCUT2D eigenvalue weighted by Gasteiger charge is -2.14. The standard InChI is InChI=1S/C22H26N4O4S/c1-28-13-12-23-21(27)17-9-5-4-8-16(17)15-31-22-25-24-20(14-29-2)26(22)18-10-6-7-11-19(18)30-3/h4-11H,12-15H2,1-3H3,(H,23,27). The summed E-state index contributed by atoms with van der Waals surface area (Å²) in [7, 11) is 4.85. The van der Waals surface area contributed by atoms with Crippen LogP contribution in [0.15, 0.2) is 53.7 Å². The predicted molar refractivity (Wildman–Crippen MR) is 119 cm³/mol. The molecule has 0 spiro atoms. The molecule has 31 heavy (non-hydrogen) atoms. The molecule has 0 bridgehead atoms. The lowest BCUT2D eigenvalue weighted by atomic mass is 10.1. The summed E-state index contributed by atoms with van der Waals surface area (Å²) in [6.45, 7) is 1.23. The van der Waals surface area contributed by atoms with Crippen molar-refractivity contribution in [1.82, 2.24) is 20.1 Å². The maximum atomic E-state index is 12.6. The maximum Gasteiger partial charge on any atom is 0.251 e. The summed E-state index contributed by atoms with van der Waals surface area (Å²) < 4.78 is 17.8. The average Bonchev–Trinajstić information content (AvgIpc) is 3.20. The van der Waals surface area contributed by atoms with Crippen LogP contribution in [-0.2, 0) is 21.8 Å². The summed E-state index contributed by atoms with van der Waals surface area (Å²) in [6.07, 6.45) is 0. The molecule has 0 aliphatic carbocycles. The fourth-order valence-electron chi connectivity index (χ4n) is 3.04. The molecule has 1 aromatic heterocycles. The second kappa shape index (κ2) is 11.5. The van der Waals surface area contributed by atoms with Crippen molar-refractivity contribution in [2.24, 2.45) is 0 Å². The molecule has 1 heterocycles. The van der Waals surface area contributed by atoms with Gasteiger partial charge in [-0.3, -0.25) is 9.36 Å². The van der Waals surface area contributed by atoms with Gasteiger partial charge in [-0.15, -0.1) is 10.2 Å². The zero-order valence-electron chi connectivity index (χ0n) is 17.8. The van der Waals surface area contributed by atoms with Crippen molar-refractivity contribution in [2.45, 2.75) is 17.5 Å². The van der Waals surface area contributed by atoms with Crippen LogP contribution in [0.2, 0.25) is 0 Å². The Bertz CT molecular complexity index is 1010. The van der Waals surface area contributed by atoms with Crippen LogP contribution in [-0.4, -0.2) is 55.2 Å². The van der Waals surface area contributed by atoms with Gasteiger partial charge in [-0.2, -0.15) is 0 Å². The molecule has 3 rings (SSSR count). The number of thioether (sulfide) groups is 1. The SMILES string of the molecule is COCCNC(=O)c1ccccc1CSc1nnc(COC)n1-c1ccccc1OC. The van der Waals surface area contributed by atoms with Gasteiger partial charge in [0.2, 0.25) is 0 Å². The molecule has 164 valence electrons. The summed E-state index contributed by atoms with van der Waals surface area (Å²) in [5.41, 5.74) is 2.37. The van der Waals surface area contributed by atoms with Crippen LogP contribution in [0.3, 0.4) is 0 Å². The van der Waals surface area contributed by atoms with Gasteiger partial charge < -0.3 is 19.5 Å². The molecule has 3 aromatic rings. The Kier molecular flexibility index (Phi) is 8.45. The number of hydrogen-bond acceptors (Lipinski definition) is 7. The monoisotopic (exact) mass is 442 g/mol. The molecule has 0 aliphatic rings. The number of benzene rings is 2. The highest BCUT2D eigenvalue weighted by molar-refractivity contribution is 7.98. The number of carbonyl (C=O) groups is 1. The van der Waals surface area contributed by atoms with E-state index in [4.69, 9.17) is 14.2 Å². The number of methoxy groups -OCH3 is 3. The Labute approximate surface area is 185 Å². The first-order chi connectivity index (χ1) is 15.2. The highest BCUT2D eigenvalue weighted by Gasteiger charge is 2.18. The number of aromatic nitrogens is 3. The van der Waals surface area contributed by atoms with Crippen LogP contribution >= 0.6 is 11.8 Å². The van der Waals surface area contributed by atoms with Crippen molar-refractivity contribution < 1.29 is 19.0 Å². The van der Waals surface area contributed by atoms with Gasteiger partial charge in [0.15, 0.2) is 11.0 Å². The van der Waals surface area contributed by atoms with E-state index >= 15 is 0 Å². The van der Waals surface area contributed by atoms with E-state index in [-0.39, 0.29) is 5.91 Å². The first-order valence-corrected chi connectivity index (χ1v) is 10.7. The zero-order chi connectivity index (χ0) is 22.1. The van der Waals surface area contributed by atoms with E-state index in [0.717, 1.165) is 11.3 Å². The first kappa shape index (κ1) is 22.8. The third-order valence-electron chi connectivity index (χ3n) is 4.51. The average molecular weight is 443 g/mol. The quantitative estimate of drug-likeness (QED) is 0.361. The van der Waals surface area contributed by atoms with Crippen molar-refractivity contribution in [1.29, 1.82) is 0 Å². The lowest BCUT2D eigenvalue weighted by Crippen LogP contribution is -2.27. The fourth-order valence-corrected chi connectivity index (χ4v) is 4.01. The number of para-hydroxylation sites is 2. The first-order valence-electron chi connectivity index (χ1n) is 9.74. The fraction of sp³-hybridized carbons (Fsp3) is 0.318. The number of nitrogens with zero attached hydrogens (tertiary/aromatic N) is 3. The van der Waals surface area contributed by atoms with E-state index in [9.17, 15) is 4.79 Å². The summed E-state index contributed by atoms with van der Waals surface area (Å²) in [4.78, 5) is 12.6. The minimum absolute atomic E-state index is 0.125. The minimum Gasteiger partial charge on any atom is -0.495 e. The Hall–Kier alpha value is -2.88. The molecule has 0 radical (unpaired) electrons. The molecule has 0 saturated heterocycles. The molecule has 1 N–H and O–H groups in total. The van der Waals surface area contributed by atoms with Crippen molar-refractivity contribution in [3.63, 3.8) is 0 Å². The molecule has 8 nitrogen and oxygen atoms in total. The van der Waals surface area contributed by atoms with Gasteiger partial charge in [0.25, 0.3) is 5.91 Å².